The van der Waals surface area contributed by atoms with E-state index in [1.807, 2.05) is 24.1 Å². The van der Waals surface area contributed by atoms with Crippen molar-refractivity contribution >= 4 is 0 Å². The highest BCUT2D eigenvalue weighted by Crippen LogP contribution is 2.48. The fraction of sp³-hybridized carbons (Fsp3) is 0.526. The molecule has 24 heavy (non-hydrogen) atoms. The first kappa shape index (κ1) is 15.8. The van der Waals surface area contributed by atoms with Crippen molar-refractivity contribution in [2.75, 3.05) is 13.1 Å². The van der Waals surface area contributed by atoms with E-state index in [9.17, 15) is 9.50 Å². The largest absolute Gasteiger partial charge is 0.385 e. The van der Waals surface area contributed by atoms with E-state index in [1.54, 1.807) is 12.1 Å². The first-order valence-corrected chi connectivity index (χ1v) is 8.73. The molecule has 0 bridgehead atoms. The molecular formula is C19H24FN3O. The Morgan fingerprint density at radius 3 is 2.79 bits per heavy atom. The molecule has 1 aliphatic carbocycles. The van der Waals surface area contributed by atoms with Crippen LogP contribution in [0.2, 0.25) is 0 Å². The molecule has 1 aromatic heterocycles. The number of hydrogen-bond acceptors (Lipinski definition) is 3. The predicted molar refractivity (Wildman–Crippen MR) is 89.6 cm³/mol. The van der Waals surface area contributed by atoms with Crippen LogP contribution in [0, 0.1) is 17.7 Å². The van der Waals surface area contributed by atoms with Gasteiger partial charge in [-0.2, -0.15) is 5.10 Å². The fourth-order valence-electron chi connectivity index (χ4n) is 4.65. The maximum atomic E-state index is 13.3. The molecule has 0 spiro atoms. The van der Waals surface area contributed by atoms with Crippen molar-refractivity contribution in [1.82, 2.24) is 14.7 Å². The summed E-state index contributed by atoms with van der Waals surface area (Å²) in [4.78, 5) is 2.42. The van der Waals surface area contributed by atoms with Gasteiger partial charge in [0, 0.05) is 44.4 Å². The van der Waals surface area contributed by atoms with E-state index in [0.29, 0.717) is 5.92 Å². The van der Waals surface area contributed by atoms with Crippen molar-refractivity contribution in [2.45, 2.75) is 31.4 Å². The fourth-order valence-corrected chi connectivity index (χ4v) is 4.65. The predicted octanol–water partition coefficient (Wildman–Crippen LogP) is 2.68. The molecule has 1 saturated heterocycles. The number of likely N-dealkylation sites (tertiary alicyclic amines) is 1. The van der Waals surface area contributed by atoms with Gasteiger partial charge in [0.1, 0.15) is 5.82 Å². The second kappa shape index (κ2) is 5.97. The topological polar surface area (TPSA) is 41.3 Å². The summed E-state index contributed by atoms with van der Waals surface area (Å²) in [5, 5.41) is 15.7. The van der Waals surface area contributed by atoms with Gasteiger partial charge in [-0.3, -0.25) is 9.58 Å². The number of fused-ring (bicyclic) bond motifs is 1. The third-order valence-corrected chi connectivity index (χ3v) is 5.77. The molecule has 1 aromatic carbocycles. The summed E-state index contributed by atoms with van der Waals surface area (Å²) in [5.74, 6) is 0.471. The molecule has 3 unspecified atom stereocenters. The summed E-state index contributed by atoms with van der Waals surface area (Å²) in [7, 11) is 1.93. The Morgan fingerprint density at radius 1 is 1.29 bits per heavy atom. The highest BCUT2D eigenvalue weighted by atomic mass is 19.1. The molecule has 4 rings (SSSR count). The molecule has 2 aliphatic rings. The summed E-state index contributed by atoms with van der Waals surface area (Å²) >= 11 is 0. The van der Waals surface area contributed by atoms with Gasteiger partial charge in [0.2, 0.25) is 0 Å². The van der Waals surface area contributed by atoms with Crippen molar-refractivity contribution in [3.05, 3.63) is 53.6 Å². The summed E-state index contributed by atoms with van der Waals surface area (Å²) in [6, 6.07) is 6.42. The zero-order chi connectivity index (χ0) is 16.7. The average molecular weight is 329 g/mol. The Morgan fingerprint density at radius 2 is 2.08 bits per heavy atom. The Balaban J connectivity index is 1.55. The molecule has 5 heteroatoms. The lowest BCUT2D eigenvalue weighted by Crippen LogP contribution is -2.42. The van der Waals surface area contributed by atoms with E-state index in [0.717, 1.165) is 44.5 Å². The normalized spacial score (nSPS) is 30.5. The number of rotatable bonds is 3. The Labute approximate surface area is 141 Å². The molecule has 0 amide bonds. The minimum Gasteiger partial charge on any atom is -0.385 e. The molecule has 1 aliphatic heterocycles. The number of hydrogen-bond donors (Lipinski definition) is 1. The molecule has 4 nitrogen and oxygen atoms in total. The number of aryl methyl sites for hydroxylation is 1. The molecule has 3 atom stereocenters. The van der Waals surface area contributed by atoms with E-state index in [-0.39, 0.29) is 11.7 Å². The minimum atomic E-state index is -0.833. The van der Waals surface area contributed by atoms with Gasteiger partial charge in [-0.25, -0.2) is 4.39 Å². The number of benzene rings is 1. The van der Waals surface area contributed by atoms with Gasteiger partial charge in [0.15, 0.2) is 0 Å². The Hall–Kier alpha value is -1.72. The molecule has 2 heterocycles. The van der Waals surface area contributed by atoms with E-state index in [2.05, 4.69) is 10.00 Å². The molecular weight excluding hydrogens is 305 g/mol. The van der Waals surface area contributed by atoms with Gasteiger partial charge >= 0.3 is 0 Å². The Bertz CT molecular complexity index is 714. The van der Waals surface area contributed by atoms with Gasteiger partial charge in [0.25, 0.3) is 0 Å². The number of halogens is 1. The maximum Gasteiger partial charge on any atom is 0.123 e. The van der Waals surface area contributed by atoms with Crippen LogP contribution >= 0.6 is 0 Å². The van der Waals surface area contributed by atoms with Gasteiger partial charge in [-0.15, -0.1) is 0 Å². The van der Waals surface area contributed by atoms with Crippen molar-refractivity contribution in [2.24, 2.45) is 18.9 Å². The van der Waals surface area contributed by atoms with E-state index in [1.165, 1.54) is 17.7 Å². The zero-order valence-electron chi connectivity index (χ0n) is 14.0. The summed E-state index contributed by atoms with van der Waals surface area (Å²) in [6.45, 7) is 2.77. The monoisotopic (exact) mass is 329 g/mol. The summed E-state index contributed by atoms with van der Waals surface area (Å²) in [6.07, 6.45) is 6.91. The lowest BCUT2D eigenvalue weighted by Gasteiger charge is -2.41. The SMILES string of the molecule is Cn1cc(CN2CC3CCCC(O)(c4ccc(F)cc4)C3C2)cn1. The third kappa shape index (κ3) is 2.76. The molecule has 1 N–H and O–H groups in total. The molecule has 1 saturated carbocycles. The second-order valence-corrected chi connectivity index (χ2v) is 7.41. The van der Waals surface area contributed by atoms with Crippen molar-refractivity contribution in [3.63, 3.8) is 0 Å². The highest BCUT2D eigenvalue weighted by Gasteiger charge is 2.49. The van der Waals surface area contributed by atoms with Crippen molar-refractivity contribution in [1.29, 1.82) is 0 Å². The van der Waals surface area contributed by atoms with Gasteiger partial charge in [0.05, 0.1) is 11.8 Å². The van der Waals surface area contributed by atoms with Crippen molar-refractivity contribution in [3.8, 4) is 0 Å². The van der Waals surface area contributed by atoms with Gasteiger partial charge in [-0.1, -0.05) is 12.1 Å². The van der Waals surface area contributed by atoms with Crippen LogP contribution in [-0.2, 0) is 19.2 Å². The smallest absolute Gasteiger partial charge is 0.123 e. The van der Waals surface area contributed by atoms with Crippen molar-refractivity contribution < 1.29 is 9.50 Å². The van der Waals surface area contributed by atoms with Crippen LogP contribution < -0.4 is 0 Å². The highest BCUT2D eigenvalue weighted by molar-refractivity contribution is 5.26. The summed E-state index contributed by atoms with van der Waals surface area (Å²) in [5.41, 5.74) is 1.24. The van der Waals surface area contributed by atoms with Crippen LogP contribution in [0.3, 0.4) is 0 Å². The quantitative estimate of drug-likeness (QED) is 0.941. The number of aromatic nitrogens is 2. The van der Waals surface area contributed by atoms with Gasteiger partial charge in [-0.05, 0) is 42.9 Å². The van der Waals surface area contributed by atoms with Crippen LogP contribution in [0.5, 0.6) is 0 Å². The lowest BCUT2D eigenvalue weighted by atomic mass is 9.67. The molecule has 2 aromatic rings. The zero-order valence-corrected chi connectivity index (χ0v) is 14.0. The first-order valence-electron chi connectivity index (χ1n) is 8.73. The first-order chi connectivity index (χ1) is 11.5. The Kier molecular flexibility index (Phi) is 3.93. The minimum absolute atomic E-state index is 0.216. The van der Waals surface area contributed by atoms with Crippen LogP contribution in [0.1, 0.15) is 30.4 Å². The van der Waals surface area contributed by atoms with Crippen LogP contribution in [-0.4, -0.2) is 32.9 Å². The maximum absolute atomic E-state index is 13.3. The molecule has 2 fully saturated rings. The summed E-state index contributed by atoms with van der Waals surface area (Å²) < 4.78 is 15.1. The van der Waals surface area contributed by atoms with Gasteiger partial charge < -0.3 is 5.11 Å². The number of aliphatic hydroxyl groups is 1. The van der Waals surface area contributed by atoms with E-state index >= 15 is 0 Å². The molecule has 0 radical (unpaired) electrons. The standard InChI is InChI=1S/C19H24FN3O/c1-22-10-14(9-21-22)11-23-12-15-3-2-8-19(24,18(15)13-23)16-4-6-17(20)7-5-16/h4-7,9-10,15,18,24H,2-3,8,11-13H2,1H3. The lowest BCUT2D eigenvalue weighted by molar-refractivity contribution is -0.0648. The van der Waals surface area contributed by atoms with Crippen LogP contribution in [0.15, 0.2) is 36.7 Å². The third-order valence-electron chi connectivity index (χ3n) is 5.77. The second-order valence-electron chi connectivity index (χ2n) is 7.41. The van der Waals surface area contributed by atoms with E-state index < -0.39 is 5.60 Å². The van der Waals surface area contributed by atoms with E-state index in [4.69, 9.17) is 0 Å². The number of nitrogens with zero attached hydrogens (tertiary/aromatic N) is 3. The van der Waals surface area contributed by atoms with Crippen LogP contribution in [0.4, 0.5) is 4.39 Å². The average Bonchev–Trinajstić information content (AvgIpc) is 3.15. The van der Waals surface area contributed by atoms with Crippen LogP contribution in [0.25, 0.3) is 0 Å². The molecule has 128 valence electrons.